The highest BCUT2D eigenvalue weighted by atomic mass is 19.4. The number of halogens is 3. The van der Waals surface area contributed by atoms with Crippen molar-refractivity contribution in [1.82, 2.24) is 9.97 Å². The van der Waals surface area contributed by atoms with Crippen molar-refractivity contribution >= 4 is 22.4 Å². The molecule has 1 heterocycles. The van der Waals surface area contributed by atoms with Crippen molar-refractivity contribution in [2.24, 2.45) is 0 Å². The monoisotopic (exact) mass is 270 g/mol. The molecule has 1 aromatic heterocycles. The van der Waals surface area contributed by atoms with Crippen molar-refractivity contribution in [3.63, 3.8) is 0 Å². The van der Waals surface area contributed by atoms with E-state index < -0.39 is 18.6 Å². The molecule has 19 heavy (non-hydrogen) atoms. The number of hydrogen-bond acceptors (Lipinski definition) is 4. The number of aromatic nitrogens is 2. The van der Waals surface area contributed by atoms with Gasteiger partial charge in [-0.25, -0.2) is 9.97 Å². The second-order valence-electron chi connectivity index (χ2n) is 4.36. The maximum atomic E-state index is 12.3. The van der Waals surface area contributed by atoms with E-state index in [4.69, 9.17) is 5.73 Å². The number of nitrogens with two attached hydrogens (primary N) is 1. The molecule has 0 radical (unpaired) electrons. The molecule has 0 fully saturated rings. The molecule has 2 aromatic rings. The van der Waals surface area contributed by atoms with Crippen molar-refractivity contribution in [3.8, 4) is 0 Å². The third kappa shape index (κ3) is 3.46. The van der Waals surface area contributed by atoms with E-state index in [9.17, 15) is 13.2 Å². The number of anilines is 2. The van der Waals surface area contributed by atoms with E-state index in [0.717, 1.165) is 0 Å². The van der Waals surface area contributed by atoms with E-state index in [2.05, 4.69) is 15.3 Å². The Morgan fingerprint density at radius 3 is 2.74 bits per heavy atom. The van der Waals surface area contributed by atoms with Gasteiger partial charge in [0.25, 0.3) is 0 Å². The van der Waals surface area contributed by atoms with Crippen LogP contribution in [-0.2, 0) is 0 Å². The zero-order valence-corrected chi connectivity index (χ0v) is 10.2. The molecule has 0 saturated carbocycles. The summed E-state index contributed by atoms with van der Waals surface area (Å²) in [6.07, 6.45) is -3.84. The van der Waals surface area contributed by atoms with Gasteiger partial charge in [0.05, 0.1) is 11.9 Å². The molecule has 0 amide bonds. The smallest absolute Gasteiger partial charge is 0.391 e. The molecule has 0 aliphatic carbocycles. The predicted molar refractivity (Wildman–Crippen MR) is 67.7 cm³/mol. The van der Waals surface area contributed by atoms with Crippen LogP contribution in [0.3, 0.4) is 0 Å². The Morgan fingerprint density at radius 2 is 2.05 bits per heavy atom. The lowest BCUT2D eigenvalue weighted by Crippen LogP contribution is -2.24. The number of fused-ring (bicyclic) bond motifs is 1. The van der Waals surface area contributed by atoms with Crippen molar-refractivity contribution < 1.29 is 13.2 Å². The van der Waals surface area contributed by atoms with Gasteiger partial charge < -0.3 is 11.1 Å². The summed E-state index contributed by atoms with van der Waals surface area (Å²) in [6, 6.07) is 4.24. The van der Waals surface area contributed by atoms with Crippen LogP contribution in [0.4, 0.5) is 24.7 Å². The summed E-state index contributed by atoms with van der Waals surface area (Å²) in [5.74, 6) is 0.356. The minimum atomic E-state index is -4.21. The number of benzene rings is 1. The van der Waals surface area contributed by atoms with Crippen LogP contribution in [0.15, 0.2) is 24.5 Å². The average molecular weight is 270 g/mol. The predicted octanol–water partition coefficient (Wildman–Crippen LogP) is 2.96. The van der Waals surface area contributed by atoms with E-state index in [1.165, 1.54) is 13.3 Å². The van der Waals surface area contributed by atoms with E-state index in [-0.39, 0.29) is 0 Å². The lowest BCUT2D eigenvalue weighted by Gasteiger charge is -2.17. The quantitative estimate of drug-likeness (QED) is 0.842. The second kappa shape index (κ2) is 4.91. The summed E-state index contributed by atoms with van der Waals surface area (Å²) in [6.45, 7) is 1.45. The molecule has 4 nitrogen and oxygen atoms in total. The highest BCUT2D eigenvalue weighted by Crippen LogP contribution is 2.26. The molecule has 0 spiro atoms. The van der Waals surface area contributed by atoms with Crippen LogP contribution in [0.1, 0.15) is 13.3 Å². The van der Waals surface area contributed by atoms with Gasteiger partial charge in [0.1, 0.15) is 12.1 Å². The van der Waals surface area contributed by atoms with Crippen LogP contribution in [0.5, 0.6) is 0 Å². The molecule has 0 aliphatic rings. The zero-order chi connectivity index (χ0) is 14.0. The Morgan fingerprint density at radius 1 is 1.32 bits per heavy atom. The summed E-state index contributed by atoms with van der Waals surface area (Å²) >= 11 is 0. The first-order chi connectivity index (χ1) is 8.85. The molecular weight excluding hydrogens is 257 g/mol. The molecule has 1 unspecified atom stereocenters. The van der Waals surface area contributed by atoms with Crippen molar-refractivity contribution in [2.75, 3.05) is 11.1 Å². The molecule has 3 N–H and O–H groups in total. The number of nitrogen functional groups attached to an aromatic ring is 1. The maximum absolute atomic E-state index is 12.3. The summed E-state index contributed by atoms with van der Waals surface area (Å²) in [5.41, 5.74) is 6.80. The van der Waals surface area contributed by atoms with Gasteiger partial charge >= 0.3 is 6.18 Å². The molecular formula is C12H13F3N4. The number of alkyl halides is 3. The van der Waals surface area contributed by atoms with E-state index >= 15 is 0 Å². The van der Waals surface area contributed by atoms with Gasteiger partial charge in [-0.2, -0.15) is 13.2 Å². The first kappa shape index (κ1) is 13.4. The zero-order valence-electron chi connectivity index (χ0n) is 10.2. The van der Waals surface area contributed by atoms with Crippen LogP contribution < -0.4 is 11.1 Å². The number of nitrogens with zero attached hydrogens (tertiary/aromatic N) is 2. The fraction of sp³-hybridized carbons (Fsp3) is 0.333. The molecule has 2 rings (SSSR count). The molecule has 7 heteroatoms. The lowest BCUT2D eigenvalue weighted by molar-refractivity contribution is -0.136. The van der Waals surface area contributed by atoms with Crippen LogP contribution in [0, 0.1) is 0 Å². The highest BCUT2D eigenvalue weighted by molar-refractivity contribution is 5.91. The van der Waals surface area contributed by atoms with E-state index in [0.29, 0.717) is 22.4 Å². The van der Waals surface area contributed by atoms with Crippen LogP contribution in [0.2, 0.25) is 0 Å². The van der Waals surface area contributed by atoms with Crippen molar-refractivity contribution in [2.45, 2.75) is 25.6 Å². The lowest BCUT2D eigenvalue weighted by atomic mass is 10.2. The molecule has 102 valence electrons. The molecule has 0 bridgehead atoms. The minimum absolute atomic E-state index is 0.356. The first-order valence-corrected chi connectivity index (χ1v) is 5.69. The SMILES string of the molecule is CC(CC(F)(F)F)Nc1ncnc2ccc(N)cc12. The Kier molecular flexibility index (Phi) is 3.46. The van der Waals surface area contributed by atoms with Gasteiger partial charge in [-0.3, -0.25) is 0 Å². The number of rotatable bonds is 3. The minimum Gasteiger partial charge on any atom is -0.399 e. The number of nitrogens with one attached hydrogen (secondary N) is 1. The standard InChI is InChI=1S/C12H13F3N4/c1-7(5-12(13,14)15)19-11-9-4-8(16)2-3-10(9)17-6-18-11/h2-4,6-7H,5,16H2,1H3,(H,17,18,19). The molecule has 1 aromatic carbocycles. The van der Waals surface area contributed by atoms with Crippen LogP contribution >= 0.6 is 0 Å². The second-order valence-corrected chi connectivity index (χ2v) is 4.36. The Hall–Kier alpha value is -2.05. The van der Waals surface area contributed by atoms with Gasteiger partial charge in [0.2, 0.25) is 0 Å². The largest absolute Gasteiger partial charge is 0.399 e. The normalized spacial score (nSPS) is 13.5. The van der Waals surface area contributed by atoms with E-state index in [1.54, 1.807) is 18.2 Å². The van der Waals surface area contributed by atoms with Gasteiger partial charge in [0, 0.05) is 17.1 Å². The first-order valence-electron chi connectivity index (χ1n) is 5.69. The Bertz CT molecular complexity index is 583. The van der Waals surface area contributed by atoms with Crippen molar-refractivity contribution in [1.29, 1.82) is 0 Å². The van der Waals surface area contributed by atoms with Crippen LogP contribution in [0.25, 0.3) is 10.9 Å². The van der Waals surface area contributed by atoms with Gasteiger partial charge in [-0.1, -0.05) is 0 Å². The summed E-state index contributed by atoms with van der Waals surface area (Å²) in [4.78, 5) is 8.01. The van der Waals surface area contributed by atoms with Crippen molar-refractivity contribution in [3.05, 3.63) is 24.5 Å². The molecule has 1 atom stereocenters. The van der Waals surface area contributed by atoms with Crippen LogP contribution in [-0.4, -0.2) is 22.2 Å². The fourth-order valence-electron chi connectivity index (χ4n) is 1.82. The Labute approximate surface area is 107 Å². The third-order valence-corrected chi connectivity index (χ3v) is 2.58. The van der Waals surface area contributed by atoms with Gasteiger partial charge in [0.15, 0.2) is 0 Å². The summed E-state index contributed by atoms with van der Waals surface area (Å²) in [7, 11) is 0. The average Bonchev–Trinajstić information content (AvgIpc) is 2.27. The fourth-order valence-corrected chi connectivity index (χ4v) is 1.82. The molecule has 0 aliphatic heterocycles. The topological polar surface area (TPSA) is 63.8 Å². The highest BCUT2D eigenvalue weighted by Gasteiger charge is 2.30. The third-order valence-electron chi connectivity index (χ3n) is 2.58. The van der Waals surface area contributed by atoms with Gasteiger partial charge in [-0.05, 0) is 25.1 Å². The van der Waals surface area contributed by atoms with Gasteiger partial charge in [-0.15, -0.1) is 0 Å². The summed E-state index contributed by atoms with van der Waals surface area (Å²) < 4.78 is 36.9. The number of hydrogen-bond donors (Lipinski definition) is 2. The Balaban J connectivity index is 2.27. The summed E-state index contributed by atoms with van der Waals surface area (Å²) in [5, 5.41) is 3.35. The van der Waals surface area contributed by atoms with E-state index in [1.807, 2.05) is 0 Å². The maximum Gasteiger partial charge on any atom is 0.391 e. The molecule has 0 saturated heterocycles.